The number of para-hydroxylation sites is 1. The summed E-state index contributed by atoms with van der Waals surface area (Å²) in [6.07, 6.45) is 2.71. The summed E-state index contributed by atoms with van der Waals surface area (Å²) in [6, 6.07) is 12.0. The topological polar surface area (TPSA) is 63.3 Å². The van der Waals surface area contributed by atoms with Crippen molar-refractivity contribution >= 4 is 45.7 Å². The minimum Gasteiger partial charge on any atom is -0.450 e. The number of fused-ring (bicyclic) bond motifs is 3. The average Bonchev–Trinajstić information content (AvgIpc) is 2.97. The number of nitrogens with one attached hydrogen (secondary N) is 1. The number of hydrazone groups is 1. The summed E-state index contributed by atoms with van der Waals surface area (Å²) in [5.41, 5.74) is 4.82. The van der Waals surface area contributed by atoms with Gasteiger partial charge in [-0.15, -0.1) is 0 Å². The van der Waals surface area contributed by atoms with Crippen molar-refractivity contribution in [3.63, 3.8) is 0 Å². The van der Waals surface area contributed by atoms with Crippen LogP contribution in [0.25, 0.3) is 22.1 Å². The maximum absolute atomic E-state index is 13.7. The van der Waals surface area contributed by atoms with Crippen LogP contribution in [0.3, 0.4) is 0 Å². The third-order valence-corrected chi connectivity index (χ3v) is 3.85. The van der Waals surface area contributed by atoms with Crippen LogP contribution >= 0.6 is 11.6 Å². The maximum Gasteiger partial charge on any atom is 0.197 e. The van der Waals surface area contributed by atoms with Crippen molar-refractivity contribution in [1.82, 2.24) is 9.97 Å². The maximum atomic E-state index is 13.7. The molecule has 2 heterocycles. The Kier molecular flexibility index (Phi) is 3.59. The first-order chi connectivity index (χ1) is 11.7. The Labute approximate surface area is 140 Å². The Hall–Kier alpha value is -2.99. The van der Waals surface area contributed by atoms with Crippen LogP contribution < -0.4 is 5.43 Å². The Bertz CT molecular complexity index is 1060. The van der Waals surface area contributed by atoms with Crippen LogP contribution in [0.4, 0.5) is 10.2 Å². The fraction of sp³-hybridized carbons (Fsp3) is 0. The molecule has 24 heavy (non-hydrogen) atoms. The summed E-state index contributed by atoms with van der Waals surface area (Å²) in [7, 11) is 0. The van der Waals surface area contributed by atoms with Crippen LogP contribution in [-0.2, 0) is 0 Å². The van der Waals surface area contributed by atoms with E-state index < -0.39 is 5.82 Å². The molecule has 0 amide bonds. The van der Waals surface area contributed by atoms with Gasteiger partial charge in [-0.05, 0) is 24.3 Å². The molecule has 0 saturated carbocycles. The van der Waals surface area contributed by atoms with Gasteiger partial charge in [0, 0.05) is 10.9 Å². The molecule has 0 atom stereocenters. The number of anilines is 1. The zero-order chi connectivity index (χ0) is 16.5. The molecule has 0 radical (unpaired) electrons. The number of benzene rings is 2. The van der Waals surface area contributed by atoms with Gasteiger partial charge in [0.25, 0.3) is 0 Å². The third kappa shape index (κ3) is 2.47. The third-order valence-electron chi connectivity index (χ3n) is 3.52. The van der Waals surface area contributed by atoms with Crippen molar-refractivity contribution in [3.05, 3.63) is 65.2 Å². The fourth-order valence-corrected chi connectivity index (χ4v) is 2.61. The van der Waals surface area contributed by atoms with Crippen LogP contribution in [0.2, 0.25) is 5.02 Å². The van der Waals surface area contributed by atoms with Crippen LogP contribution in [-0.4, -0.2) is 16.2 Å². The van der Waals surface area contributed by atoms with Crippen molar-refractivity contribution in [2.24, 2.45) is 5.10 Å². The second kappa shape index (κ2) is 5.90. The molecular weight excluding hydrogens is 331 g/mol. The summed E-state index contributed by atoms with van der Waals surface area (Å²) in [4.78, 5) is 8.37. The molecule has 118 valence electrons. The molecule has 0 unspecified atom stereocenters. The summed E-state index contributed by atoms with van der Waals surface area (Å²) >= 11 is 5.96. The highest BCUT2D eigenvalue weighted by atomic mass is 35.5. The van der Waals surface area contributed by atoms with Gasteiger partial charge in [-0.25, -0.2) is 14.4 Å². The van der Waals surface area contributed by atoms with Crippen LogP contribution in [0.15, 0.2) is 58.3 Å². The van der Waals surface area contributed by atoms with Crippen molar-refractivity contribution < 1.29 is 8.81 Å². The molecule has 0 aliphatic rings. The van der Waals surface area contributed by atoms with Crippen LogP contribution in [0.1, 0.15) is 5.56 Å². The standard InChI is InChI=1S/C17H10ClFN4O/c18-12-5-3-6-13(19)11(12)8-22-23-17-16-15(20-9-21-17)10-4-1-2-7-14(10)24-16/h1-9H,(H,20,21,23)/b22-8-. The van der Waals surface area contributed by atoms with E-state index in [1.165, 1.54) is 24.7 Å². The van der Waals surface area contributed by atoms with Crippen molar-refractivity contribution in [3.8, 4) is 0 Å². The SMILES string of the molecule is Fc1cccc(Cl)c1/C=N\Nc1ncnc2c1oc1ccccc12. The molecule has 5 nitrogen and oxygen atoms in total. The van der Waals surface area contributed by atoms with E-state index in [4.69, 9.17) is 16.0 Å². The highest BCUT2D eigenvalue weighted by Gasteiger charge is 2.12. The largest absolute Gasteiger partial charge is 0.450 e. The number of nitrogens with zero attached hydrogens (tertiary/aromatic N) is 3. The summed E-state index contributed by atoms with van der Waals surface area (Å²) in [6.45, 7) is 0. The fourth-order valence-electron chi connectivity index (χ4n) is 2.40. The summed E-state index contributed by atoms with van der Waals surface area (Å²) < 4.78 is 19.5. The molecule has 2 aromatic carbocycles. The molecular formula is C17H10ClFN4O. The van der Waals surface area contributed by atoms with E-state index in [-0.39, 0.29) is 10.6 Å². The van der Waals surface area contributed by atoms with E-state index in [9.17, 15) is 4.39 Å². The Balaban J connectivity index is 1.71. The molecule has 7 heteroatoms. The molecule has 0 saturated heterocycles. The summed E-state index contributed by atoms with van der Waals surface area (Å²) in [5.74, 6) is -0.0652. The monoisotopic (exact) mass is 340 g/mol. The lowest BCUT2D eigenvalue weighted by atomic mass is 10.2. The van der Waals surface area contributed by atoms with Gasteiger partial charge < -0.3 is 4.42 Å². The molecule has 4 aromatic rings. The lowest BCUT2D eigenvalue weighted by Gasteiger charge is -2.01. The van der Waals surface area contributed by atoms with Crippen LogP contribution in [0, 0.1) is 5.82 Å². The first-order valence-electron chi connectivity index (χ1n) is 7.09. The predicted octanol–water partition coefficient (Wildman–Crippen LogP) is 4.61. The van der Waals surface area contributed by atoms with Gasteiger partial charge in [-0.2, -0.15) is 5.10 Å². The first kappa shape index (κ1) is 14.6. The van der Waals surface area contributed by atoms with Crippen molar-refractivity contribution in [2.45, 2.75) is 0 Å². The number of rotatable bonds is 3. The van der Waals surface area contributed by atoms with E-state index in [0.29, 0.717) is 22.5 Å². The van der Waals surface area contributed by atoms with Gasteiger partial charge in [-0.3, -0.25) is 5.43 Å². The number of halogens is 2. The van der Waals surface area contributed by atoms with Gasteiger partial charge in [-0.1, -0.05) is 29.8 Å². The van der Waals surface area contributed by atoms with E-state index in [1.54, 1.807) is 6.07 Å². The number of hydrogen-bond acceptors (Lipinski definition) is 5. The number of aromatic nitrogens is 2. The number of hydrogen-bond donors (Lipinski definition) is 1. The zero-order valence-electron chi connectivity index (χ0n) is 12.2. The molecule has 2 aromatic heterocycles. The molecule has 0 aliphatic heterocycles. The molecule has 0 spiro atoms. The van der Waals surface area contributed by atoms with E-state index in [2.05, 4.69) is 20.5 Å². The zero-order valence-corrected chi connectivity index (χ0v) is 13.0. The number of furan rings is 1. The van der Waals surface area contributed by atoms with Gasteiger partial charge in [0.15, 0.2) is 11.4 Å². The minimum absolute atomic E-state index is 0.196. The van der Waals surface area contributed by atoms with E-state index >= 15 is 0 Å². The first-order valence-corrected chi connectivity index (χ1v) is 7.47. The minimum atomic E-state index is -0.454. The average molecular weight is 341 g/mol. The molecule has 0 aliphatic carbocycles. The lowest BCUT2D eigenvalue weighted by molar-refractivity contribution is 0.626. The highest BCUT2D eigenvalue weighted by Crippen LogP contribution is 2.30. The van der Waals surface area contributed by atoms with E-state index in [0.717, 1.165) is 5.39 Å². The van der Waals surface area contributed by atoms with Crippen molar-refractivity contribution in [2.75, 3.05) is 5.43 Å². The van der Waals surface area contributed by atoms with Gasteiger partial charge in [0.1, 0.15) is 23.2 Å². The van der Waals surface area contributed by atoms with E-state index in [1.807, 2.05) is 24.3 Å². The van der Waals surface area contributed by atoms with Crippen LogP contribution in [0.5, 0.6) is 0 Å². The molecule has 4 rings (SSSR count). The second-order valence-electron chi connectivity index (χ2n) is 5.00. The van der Waals surface area contributed by atoms with Gasteiger partial charge >= 0.3 is 0 Å². The smallest absolute Gasteiger partial charge is 0.197 e. The lowest BCUT2D eigenvalue weighted by Crippen LogP contribution is -1.96. The highest BCUT2D eigenvalue weighted by molar-refractivity contribution is 6.33. The Morgan fingerprint density at radius 1 is 1.12 bits per heavy atom. The van der Waals surface area contributed by atoms with Gasteiger partial charge in [0.2, 0.25) is 0 Å². The summed E-state index contributed by atoms with van der Waals surface area (Å²) in [5, 5.41) is 5.17. The predicted molar refractivity (Wildman–Crippen MR) is 91.9 cm³/mol. The Morgan fingerprint density at radius 3 is 2.88 bits per heavy atom. The molecule has 1 N–H and O–H groups in total. The molecule has 0 bridgehead atoms. The second-order valence-corrected chi connectivity index (χ2v) is 5.41. The quantitative estimate of drug-likeness (QED) is 0.437. The Morgan fingerprint density at radius 2 is 2.00 bits per heavy atom. The molecule has 0 fully saturated rings. The normalized spacial score (nSPS) is 11.6. The van der Waals surface area contributed by atoms with Crippen molar-refractivity contribution in [1.29, 1.82) is 0 Å². The van der Waals surface area contributed by atoms with Gasteiger partial charge in [0.05, 0.1) is 11.2 Å².